The summed E-state index contributed by atoms with van der Waals surface area (Å²) in [5.41, 5.74) is 1.41. The van der Waals surface area contributed by atoms with Crippen molar-refractivity contribution in [3.05, 3.63) is 22.2 Å². The van der Waals surface area contributed by atoms with Gasteiger partial charge in [0.25, 0.3) is 0 Å². The second kappa shape index (κ2) is 3.75. The first-order valence-corrected chi connectivity index (χ1v) is 4.77. The maximum absolute atomic E-state index is 11.2. The molecular formula is C9H9ClN2O3. The number of nitrogens with zero attached hydrogens (tertiary/aromatic N) is 2. The lowest BCUT2D eigenvalue weighted by Gasteiger charge is -2.05. The number of esters is 1. The lowest BCUT2D eigenvalue weighted by molar-refractivity contribution is 0.0586. The molecular weight excluding hydrogens is 220 g/mol. The molecule has 0 radical (unpaired) electrons. The standard InChI is InChI=1S/C9H9ClN2O3/c1-4-6-5(3-15-4)11-8(9(13)14-2)12-7(6)10/h4H,3H2,1-2H3/t4-/m0/s1. The number of hydrogen-bond acceptors (Lipinski definition) is 5. The lowest BCUT2D eigenvalue weighted by Crippen LogP contribution is -2.10. The number of halogens is 1. The highest BCUT2D eigenvalue weighted by atomic mass is 35.5. The highest BCUT2D eigenvalue weighted by Crippen LogP contribution is 2.33. The summed E-state index contributed by atoms with van der Waals surface area (Å²) in [6.07, 6.45) is -0.126. The normalized spacial score (nSPS) is 18.7. The van der Waals surface area contributed by atoms with E-state index >= 15 is 0 Å². The molecule has 5 nitrogen and oxygen atoms in total. The van der Waals surface area contributed by atoms with Gasteiger partial charge in [-0.1, -0.05) is 11.6 Å². The van der Waals surface area contributed by atoms with Crippen LogP contribution in [0, 0.1) is 0 Å². The third kappa shape index (κ3) is 1.68. The Morgan fingerprint density at radius 1 is 1.60 bits per heavy atom. The van der Waals surface area contributed by atoms with Crippen molar-refractivity contribution in [1.82, 2.24) is 9.97 Å². The van der Waals surface area contributed by atoms with Crippen molar-refractivity contribution < 1.29 is 14.3 Å². The van der Waals surface area contributed by atoms with Crippen LogP contribution in [0.5, 0.6) is 0 Å². The SMILES string of the molecule is COC(=O)c1nc(Cl)c2c(n1)CO[C@H]2C. The maximum Gasteiger partial charge on any atom is 0.376 e. The molecule has 0 aliphatic carbocycles. The second-order valence-corrected chi connectivity index (χ2v) is 3.50. The minimum atomic E-state index is -0.598. The molecule has 1 aromatic rings. The van der Waals surface area contributed by atoms with Crippen molar-refractivity contribution in [2.24, 2.45) is 0 Å². The third-order valence-electron chi connectivity index (χ3n) is 2.22. The molecule has 2 rings (SSSR count). The average molecular weight is 229 g/mol. The number of carbonyl (C=O) groups is 1. The Kier molecular flexibility index (Phi) is 2.58. The first-order chi connectivity index (χ1) is 7.13. The number of aromatic nitrogens is 2. The van der Waals surface area contributed by atoms with E-state index in [0.29, 0.717) is 12.3 Å². The number of ether oxygens (including phenoxy) is 2. The number of rotatable bonds is 1. The molecule has 0 saturated carbocycles. The Labute approximate surface area is 91.4 Å². The van der Waals surface area contributed by atoms with E-state index < -0.39 is 5.97 Å². The van der Waals surface area contributed by atoms with Gasteiger partial charge in [0.15, 0.2) is 0 Å². The van der Waals surface area contributed by atoms with E-state index in [-0.39, 0.29) is 17.1 Å². The Balaban J connectivity index is 2.49. The van der Waals surface area contributed by atoms with Gasteiger partial charge >= 0.3 is 5.97 Å². The van der Waals surface area contributed by atoms with Crippen LogP contribution in [0.25, 0.3) is 0 Å². The van der Waals surface area contributed by atoms with E-state index in [9.17, 15) is 4.79 Å². The topological polar surface area (TPSA) is 61.3 Å². The molecule has 1 aromatic heterocycles. The zero-order valence-corrected chi connectivity index (χ0v) is 9.04. The molecule has 0 saturated heterocycles. The smallest absolute Gasteiger partial charge is 0.376 e. The largest absolute Gasteiger partial charge is 0.463 e. The lowest BCUT2D eigenvalue weighted by atomic mass is 10.2. The molecule has 15 heavy (non-hydrogen) atoms. The van der Waals surface area contributed by atoms with Gasteiger partial charge in [-0.25, -0.2) is 14.8 Å². The van der Waals surface area contributed by atoms with Crippen LogP contribution in [0.4, 0.5) is 0 Å². The molecule has 6 heteroatoms. The summed E-state index contributed by atoms with van der Waals surface area (Å²) in [6.45, 7) is 2.21. The van der Waals surface area contributed by atoms with Crippen LogP contribution in [-0.4, -0.2) is 23.0 Å². The van der Waals surface area contributed by atoms with Crippen LogP contribution < -0.4 is 0 Å². The first-order valence-electron chi connectivity index (χ1n) is 4.39. The van der Waals surface area contributed by atoms with Crippen LogP contribution in [-0.2, 0) is 16.1 Å². The summed E-state index contributed by atoms with van der Waals surface area (Å²) in [4.78, 5) is 19.1. The van der Waals surface area contributed by atoms with Crippen molar-refractivity contribution in [3.8, 4) is 0 Å². The predicted octanol–water partition coefficient (Wildman–Crippen LogP) is 1.51. The molecule has 1 atom stereocenters. The Bertz CT molecular complexity index is 422. The highest BCUT2D eigenvalue weighted by Gasteiger charge is 2.27. The van der Waals surface area contributed by atoms with Gasteiger partial charge < -0.3 is 9.47 Å². The zero-order valence-electron chi connectivity index (χ0n) is 8.28. The molecule has 0 amide bonds. The molecule has 0 N–H and O–H groups in total. The van der Waals surface area contributed by atoms with Crippen LogP contribution in [0.15, 0.2) is 0 Å². The molecule has 2 heterocycles. The van der Waals surface area contributed by atoms with E-state index in [4.69, 9.17) is 16.3 Å². The van der Waals surface area contributed by atoms with Gasteiger partial charge in [0, 0.05) is 5.56 Å². The molecule has 0 aromatic carbocycles. The summed E-state index contributed by atoms with van der Waals surface area (Å²) < 4.78 is 9.85. The van der Waals surface area contributed by atoms with Gasteiger partial charge in [0.05, 0.1) is 25.5 Å². The minimum Gasteiger partial charge on any atom is -0.463 e. The third-order valence-corrected chi connectivity index (χ3v) is 2.51. The van der Waals surface area contributed by atoms with E-state index in [1.807, 2.05) is 6.92 Å². The molecule has 80 valence electrons. The van der Waals surface area contributed by atoms with Gasteiger partial charge in [-0.2, -0.15) is 0 Å². The first kappa shape index (κ1) is 10.3. The summed E-state index contributed by atoms with van der Waals surface area (Å²) >= 11 is 5.93. The Morgan fingerprint density at radius 2 is 2.33 bits per heavy atom. The van der Waals surface area contributed by atoms with E-state index in [2.05, 4.69) is 14.7 Å². The predicted molar refractivity (Wildman–Crippen MR) is 51.6 cm³/mol. The van der Waals surface area contributed by atoms with Crippen LogP contribution in [0.2, 0.25) is 5.15 Å². The molecule has 0 bridgehead atoms. The van der Waals surface area contributed by atoms with Gasteiger partial charge in [0.2, 0.25) is 5.82 Å². The highest BCUT2D eigenvalue weighted by molar-refractivity contribution is 6.30. The maximum atomic E-state index is 11.2. The van der Waals surface area contributed by atoms with Crippen molar-refractivity contribution in [3.63, 3.8) is 0 Å². The number of hydrogen-bond donors (Lipinski definition) is 0. The molecule has 0 spiro atoms. The van der Waals surface area contributed by atoms with Crippen LogP contribution in [0.1, 0.15) is 34.9 Å². The monoisotopic (exact) mass is 228 g/mol. The average Bonchev–Trinajstić information content (AvgIpc) is 2.59. The number of methoxy groups -OCH3 is 1. The van der Waals surface area contributed by atoms with E-state index in [1.165, 1.54) is 7.11 Å². The number of carbonyl (C=O) groups excluding carboxylic acids is 1. The molecule has 0 fully saturated rings. The van der Waals surface area contributed by atoms with Crippen molar-refractivity contribution >= 4 is 17.6 Å². The van der Waals surface area contributed by atoms with Gasteiger partial charge in [-0.3, -0.25) is 0 Å². The Hall–Kier alpha value is -1.20. The molecule has 0 unspecified atom stereocenters. The van der Waals surface area contributed by atoms with E-state index in [1.54, 1.807) is 0 Å². The molecule has 1 aliphatic heterocycles. The summed E-state index contributed by atoms with van der Waals surface area (Å²) in [7, 11) is 1.27. The van der Waals surface area contributed by atoms with Crippen molar-refractivity contribution in [1.29, 1.82) is 0 Å². The zero-order chi connectivity index (χ0) is 11.0. The van der Waals surface area contributed by atoms with Crippen LogP contribution >= 0.6 is 11.6 Å². The summed E-state index contributed by atoms with van der Waals surface area (Å²) in [6, 6.07) is 0. The van der Waals surface area contributed by atoms with Gasteiger partial charge in [-0.15, -0.1) is 0 Å². The number of fused-ring (bicyclic) bond motifs is 1. The van der Waals surface area contributed by atoms with Crippen molar-refractivity contribution in [2.45, 2.75) is 19.6 Å². The van der Waals surface area contributed by atoms with Gasteiger partial charge in [0.1, 0.15) is 5.15 Å². The van der Waals surface area contributed by atoms with Crippen LogP contribution in [0.3, 0.4) is 0 Å². The Morgan fingerprint density at radius 3 is 3.00 bits per heavy atom. The summed E-state index contributed by atoms with van der Waals surface area (Å²) in [5, 5.41) is 0.255. The van der Waals surface area contributed by atoms with Gasteiger partial charge in [-0.05, 0) is 6.92 Å². The van der Waals surface area contributed by atoms with Crippen molar-refractivity contribution in [2.75, 3.05) is 7.11 Å². The fraction of sp³-hybridized carbons (Fsp3) is 0.444. The second-order valence-electron chi connectivity index (χ2n) is 3.14. The quantitative estimate of drug-likeness (QED) is 0.539. The van der Waals surface area contributed by atoms with E-state index in [0.717, 1.165) is 5.56 Å². The minimum absolute atomic E-state index is 0.0287. The fourth-order valence-electron chi connectivity index (χ4n) is 1.47. The molecule has 1 aliphatic rings. The summed E-state index contributed by atoms with van der Waals surface area (Å²) in [5.74, 6) is -0.627. The fourth-order valence-corrected chi connectivity index (χ4v) is 1.81.